The highest BCUT2D eigenvalue weighted by molar-refractivity contribution is 5.37. The standard InChI is InChI=1S/C16H18O/c1-12(14-8-4-3-5-9-14)13(2)15-10-6-7-11-16(15)17/h3-13,17H,1-2H3. The molecule has 0 saturated carbocycles. The van der Waals surface area contributed by atoms with Gasteiger partial charge >= 0.3 is 0 Å². The maximum absolute atomic E-state index is 9.88. The molecule has 0 aliphatic heterocycles. The summed E-state index contributed by atoms with van der Waals surface area (Å²) in [7, 11) is 0. The molecule has 2 aromatic carbocycles. The van der Waals surface area contributed by atoms with Crippen LogP contribution < -0.4 is 0 Å². The van der Waals surface area contributed by atoms with Gasteiger partial charge in [0.15, 0.2) is 0 Å². The van der Waals surface area contributed by atoms with Crippen LogP contribution in [0.1, 0.15) is 36.8 Å². The zero-order valence-electron chi connectivity index (χ0n) is 10.3. The Morgan fingerprint density at radius 1 is 0.765 bits per heavy atom. The predicted molar refractivity (Wildman–Crippen MR) is 71.4 cm³/mol. The smallest absolute Gasteiger partial charge is 0.119 e. The molecule has 0 aliphatic carbocycles. The lowest BCUT2D eigenvalue weighted by atomic mass is 9.84. The normalized spacial score (nSPS) is 14.2. The van der Waals surface area contributed by atoms with Gasteiger partial charge in [0.2, 0.25) is 0 Å². The summed E-state index contributed by atoms with van der Waals surface area (Å²) in [5, 5.41) is 9.88. The third-order valence-electron chi connectivity index (χ3n) is 3.50. The molecule has 0 radical (unpaired) electrons. The number of rotatable bonds is 3. The molecule has 1 N–H and O–H groups in total. The SMILES string of the molecule is CC(c1ccccc1)C(C)c1ccccc1O. The Kier molecular flexibility index (Phi) is 3.48. The quantitative estimate of drug-likeness (QED) is 0.827. The van der Waals surface area contributed by atoms with E-state index in [1.807, 2.05) is 24.3 Å². The van der Waals surface area contributed by atoms with Crippen LogP contribution in [-0.2, 0) is 0 Å². The molecule has 0 saturated heterocycles. The highest BCUT2D eigenvalue weighted by Gasteiger charge is 2.18. The molecule has 2 rings (SSSR count). The molecule has 0 heterocycles. The van der Waals surface area contributed by atoms with Gasteiger partial charge in [-0.05, 0) is 29.0 Å². The van der Waals surface area contributed by atoms with Crippen LogP contribution in [0, 0.1) is 0 Å². The lowest BCUT2D eigenvalue weighted by molar-refractivity contribution is 0.457. The maximum Gasteiger partial charge on any atom is 0.119 e. The van der Waals surface area contributed by atoms with Crippen LogP contribution in [0.2, 0.25) is 0 Å². The van der Waals surface area contributed by atoms with Gasteiger partial charge in [-0.2, -0.15) is 0 Å². The van der Waals surface area contributed by atoms with Crippen molar-refractivity contribution in [3.8, 4) is 5.75 Å². The van der Waals surface area contributed by atoms with E-state index < -0.39 is 0 Å². The minimum absolute atomic E-state index is 0.304. The summed E-state index contributed by atoms with van der Waals surface area (Å²) in [6.45, 7) is 4.36. The molecule has 0 spiro atoms. The Balaban J connectivity index is 2.27. The van der Waals surface area contributed by atoms with Gasteiger partial charge in [-0.15, -0.1) is 0 Å². The fourth-order valence-electron chi connectivity index (χ4n) is 2.19. The molecule has 0 bridgehead atoms. The first-order valence-corrected chi connectivity index (χ1v) is 6.03. The van der Waals surface area contributed by atoms with Crippen LogP contribution in [-0.4, -0.2) is 5.11 Å². The van der Waals surface area contributed by atoms with Crippen molar-refractivity contribution in [2.75, 3.05) is 0 Å². The van der Waals surface area contributed by atoms with Crippen LogP contribution in [0.15, 0.2) is 54.6 Å². The summed E-state index contributed by atoms with van der Waals surface area (Å²) in [6.07, 6.45) is 0. The molecule has 1 nitrogen and oxygen atoms in total. The second kappa shape index (κ2) is 5.05. The van der Waals surface area contributed by atoms with Crippen molar-refractivity contribution in [3.63, 3.8) is 0 Å². The zero-order valence-corrected chi connectivity index (χ0v) is 10.3. The Labute approximate surface area is 103 Å². The summed E-state index contributed by atoms with van der Waals surface area (Å²) >= 11 is 0. The van der Waals surface area contributed by atoms with Gasteiger partial charge in [0.05, 0.1) is 0 Å². The van der Waals surface area contributed by atoms with E-state index in [-0.39, 0.29) is 0 Å². The lowest BCUT2D eigenvalue weighted by Gasteiger charge is -2.21. The van der Waals surface area contributed by atoms with Crippen molar-refractivity contribution in [2.45, 2.75) is 25.7 Å². The van der Waals surface area contributed by atoms with Crippen molar-refractivity contribution >= 4 is 0 Å². The van der Waals surface area contributed by atoms with Crippen LogP contribution in [0.3, 0.4) is 0 Å². The second-order valence-electron chi connectivity index (χ2n) is 4.55. The van der Waals surface area contributed by atoms with Gasteiger partial charge in [-0.3, -0.25) is 0 Å². The van der Waals surface area contributed by atoms with Gasteiger partial charge in [-0.25, -0.2) is 0 Å². The van der Waals surface area contributed by atoms with Gasteiger partial charge in [0, 0.05) is 0 Å². The number of phenols is 1. The predicted octanol–water partition coefficient (Wildman–Crippen LogP) is 4.30. The van der Waals surface area contributed by atoms with Gasteiger partial charge < -0.3 is 5.11 Å². The maximum atomic E-state index is 9.88. The number of hydrogen-bond donors (Lipinski definition) is 1. The Hall–Kier alpha value is -1.76. The van der Waals surface area contributed by atoms with Crippen LogP contribution in [0.4, 0.5) is 0 Å². The molecule has 0 aliphatic rings. The molecule has 1 heteroatoms. The summed E-state index contributed by atoms with van der Waals surface area (Å²) in [4.78, 5) is 0. The largest absolute Gasteiger partial charge is 0.508 e. The average Bonchev–Trinajstić information content (AvgIpc) is 2.39. The van der Waals surface area contributed by atoms with Crippen molar-refractivity contribution in [3.05, 3.63) is 65.7 Å². The number of aromatic hydroxyl groups is 1. The highest BCUT2D eigenvalue weighted by Crippen LogP contribution is 2.36. The van der Waals surface area contributed by atoms with E-state index in [4.69, 9.17) is 0 Å². The molecular weight excluding hydrogens is 208 g/mol. The van der Waals surface area contributed by atoms with E-state index >= 15 is 0 Å². The first-order chi connectivity index (χ1) is 8.20. The van der Waals surface area contributed by atoms with E-state index in [2.05, 4.69) is 38.1 Å². The minimum atomic E-state index is 0.304. The first-order valence-electron chi connectivity index (χ1n) is 6.03. The third-order valence-corrected chi connectivity index (χ3v) is 3.50. The van der Waals surface area contributed by atoms with E-state index in [1.165, 1.54) is 5.56 Å². The molecule has 2 atom stereocenters. The summed E-state index contributed by atoms with van der Waals surface area (Å²) in [5.41, 5.74) is 2.33. The molecule has 0 fully saturated rings. The zero-order chi connectivity index (χ0) is 12.3. The summed E-state index contributed by atoms with van der Waals surface area (Å²) in [6, 6.07) is 18.0. The third kappa shape index (κ3) is 2.50. The van der Waals surface area contributed by atoms with E-state index in [9.17, 15) is 5.11 Å². The van der Waals surface area contributed by atoms with Crippen molar-refractivity contribution < 1.29 is 5.11 Å². The Bertz CT molecular complexity index is 476. The van der Waals surface area contributed by atoms with Gasteiger partial charge in [0.25, 0.3) is 0 Å². The number of phenolic OH excluding ortho intramolecular Hbond substituents is 1. The molecule has 17 heavy (non-hydrogen) atoms. The molecular formula is C16H18O. The van der Waals surface area contributed by atoms with Gasteiger partial charge in [0.1, 0.15) is 5.75 Å². The summed E-state index contributed by atoms with van der Waals surface area (Å²) < 4.78 is 0. The minimum Gasteiger partial charge on any atom is -0.508 e. The van der Waals surface area contributed by atoms with Crippen molar-refractivity contribution in [2.24, 2.45) is 0 Å². The van der Waals surface area contributed by atoms with Crippen LogP contribution >= 0.6 is 0 Å². The molecule has 2 unspecified atom stereocenters. The van der Waals surface area contributed by atoms with Crippen molar-refractivity contribution in [1.29, 1.82) is 0 Å². The van der Waals surface area contributed by atoms with Crippen LogP contribution in [0.25, 0.3) is 0 Å². The fourth-order valence-corrected chi connectivity index (χ4v) is 2.19. The Morgan fingerprint density at radius 2 is 1.35 bits per heavy atom. The highest BCUT2D eigenvalue weighted by atomic mass is 16.3. The molecule has 88 valence electrons. The molecule has 0 aromatic heterocycles. The topological polar surface area (TPSA) is 20.2 Å². The lowest BCUT2D eigenvalue weighted by Crippen LogP contribution is -2.04. The average molecular weight is 226 g/mol. The molecule has 2 aromatic rings. The summed E-state index contributed by atoms with van der Waals surface area (Å²) in [5.74, 6) is 1.09. The van der Waals surface area contributed by atoms with Crippen LogP contribution in [0.5, 0.6) is 5.75 Å². The van der Waals surface area contributed by atoms with Crippen molar-refractivity contribution in [1.82, 2.24) is 0 Å². The Morgan fingerprint density at radius 3 is 2.00 bits per heavy atom. The number of para-hydroxylation sites is 1. The van der Waals surface area contributed by atoms with E-state index in [0.717, 1.165) is 5.56 Å². The first kappa shape index (κ1) is 11.7. The number of hydrogen-bond acceptors (Lipinski definition) is 1. The monoisotopic (exact) mass is 226 g/mol. The number of benzene rings is 2. The molecule has 0 amide bonds. The van der Waals surface area contributed by atoms with E-state index in [0.29, 0.717) is 17.6 Å². The van der Waals surface area contributed by atoms with Gasteiger partial charge in [-0.1, -0.05) is 62.4 Å². The van der Waals surface area contributed by atoms with E-state index in [1.54, 1.807) is 6.07 Å². The second-order valence-corrected chi connectivity index (χ2v) is 4.55. The fraction of sp³-hybridized carbons (Fsp3) is 0.250.